The number of anilines is 1. The lowest BCUT2D eigenvalue weighted by Gasteiger charge is -2.15. The van der Waals surface area contributed by atoms with Gasteiger partial charge in [0, 0.05) is 24.8 Å². The average molecular weight is 265 g/mol. The molecule has 1 saturated heterocycles. The fourth-order valence-electron chi connectivity index (χ4n) is 1.83. The van der Waals surface area contributed by atoms with E-state index < -0.39 is 5.97 Å². The summed E-state index contributed by atoms with van der Waals surface area (Å²) < 4.78 is 5.41. The summed E-state index contributed by atoms with van der Waals surface area (Å²) in [6, 6.07) is 4.24. The SMILES string of the molecule is Nc1ccc(C(=O)O)c(OCCN2CCNC2=O)c1. The molecular formula is C12H15N3O4. The number of carbonyl (C=O) groups is 2. The molecule has 0 aromatic heterocycles. The van der Waals surface area contributed by atoms with Crippen LogP contribution in [-0.4, -0.2) is 48.2 Å². The van der Waals surface area contributed by atoms with Gasteiger partial charge in [0.15, 0.2) is 0 Å². The largest absolute Gasteiger partial charge is 0.491 e. The molecule has 1 aliphatic rings. The normalized spacial score (nSPS) is 14.3. The molecule has 7 heteroatoms. The Morgan fingerprint density at radius 2 is 2.32 bits per heavy atom. The molecule has 2 rings (SSSR count). The molecule has 0 saturated carbocycles. The lowest BCUT2D eigenvalue weighted by atomic mass is 10.2. The smallest absolute Gasteiger partial charge is 0.339 e. The van der Waals surface area contributed by atoms with Crippen molar-refractivity contribution in [2.45, 2.75) is 0 Å². The molecule has 0 bridgehead atoms. The molecule has 4 N–H and O–H groups in total. The maximum Gasteiger partial charge on any atom is 0.339 e. The number of nitrogens with one attached hydrogen (secondary N) is 1. The molecule has 0 spiro atoms. The predicted molar refractivity (Wildman–Crippen MR) is 68.3 cm³/mol. The third kappa shape index (κ3) is 3.06. The number of rotatable bonds is 5. The van der Waals surface area contributed by atoms with Crippen LogP contribution in [-0.2, 0) is 0 Å². The van der Waals surface area contributed by atoms with Crippen LogP contribution in [0.25, 0.3) is 0 Å². The Morgan fingerprint density at radius 3 is 2.95 bits per heavy atom. The summed E-state index contributed by atoms with van der Waals surface area (Å²) >= 11 is 0. The number of carboxylic acid groups (broad SMARTS) is 1. The highest BCUT2D eigenvalue weighted by atomic mass is 16.5. The average Bonchev–Trinajstić information content (AvgIpc) is 2.75. The van der Waals surface area contributed by atoms with Crippen molar-refractivity contribution < 1.29 is 19.4 Å². The number of amides is 2. The van der Waals surface area contributed by atoms with E-state index in [1.165, 1.54) is 18.2 Å². The van der Waals surface area contributed by atoms with Crippen LogP contribution in [0.3, 0.4) is 0 Å². The topological polar surface area (TPSA) is 105 Å². The van der Waals surface area contributed by atoms with E-state index in [4.69, 9.17) is 15.6 Å². The molecule has 0 atom stereocenters. The van der Waals surface area contributed by atoms with Crippen molar-refractivity contribution in [2.24, 2.45) is 0 Å². The minimum Gasteiger partial charge on any atom is -0.491 e. The maximum atomic E-state index is 11.3. The van der Waals surface area contributed by atoms with E-state index >= 15 is 0 Å². The van der Waals surface area contributed by atoms with Gasteiger partial charge in [-0.2, -0.15) is 0 Å². The summed E-state index contributed by atoms with van der Waals surface area (Å²) in [5, 5.41) is 11.7. The van der Waals surface area contributed by atoms with Gasteiger partial charge in [0.25, 0.3) is 0 Å². The zero-order valence-corrected chi connectivity index (χ0v) is 10.3. The summed E-state index contributed by atoms with van der Waals surface area (Å²) in [4.78, 5) is 23.9. The van der Waals surface area contributed by atoms with Gasteiger partial charge in [-0.15, -0.1) is 0 Å². The van der Waals surface area contributed by atoms with Crippen molar-refractivity contribution in [1.82, 2.24) is 10.2 Å². The van der Waals surface area contributed by atoms with Crippen molar-refractivity contribution >= 4 is 17.7 Å². The van der Waals surface area contributed by atoms with Crippen LogP contribution in [0, 0.1) is 0 Å². The van der Waals surface area contributed by atoms with Gasteiger partial charge in [-0.25, -0.2) is 9.59 Å². The molecule has 102 valence electrons. The quantitative estimate of drug-likeness (QED) is 0.667. The molecule has 19 heavy (non-hydrogen) atoms. The van der Waals surface area contributed by atoms with Crippen molar-refractivity contribution in [3.63, 3.8) is 0 Å². The Morgan fingerprint density at radius 1 is 1.53 bits per heavy atom. The van der Waals surface area contributed by atoms with Crippen molar-refractivity contribution in [1.29, 1.82) is 0 Å². The molecule has 1 aromatic rings. The number of carbonyl (C=O) groups excluding carboxylic acids is 1. The van der Waals surface area contributed by atoms with Crippen LogP contribution in [0.1, 0.15) is 10.4 Å². The van der Waals surface area contributed by atoms with Crippen LogP contribution in [0.4, 0.5) is 10.5 Å². The number of benzene rings is 1. The highest BCUT2D eigenvalue weighted by Crippen LogP contribution is 2.21. The van der Waals surface area contributed by atoms with Gasteiger partial charge < -0.3 is 25.8 Å². The number of ether oxygens (including phenoxy) is 1. The fraction of sp³-hybridized carbons (Fsp3) is 0.333. The highest BCUT2D eigenvalue weighted by molar-refractivity contribution is 5.91. The second-order valence-electron chi connectivity index (χ2n) is 4.13. The molecule has 0 unspecified atom stereocenters. The van der Waals surface area contributed by atoms with Gasteiger partial charge in [0.05, 0.1) is 6.54 Å². The summed E-state index contributed by atoms with van der Waals surface area (Å²) in [7, 11) is 0. The van der Waals surface area contributed by atoms with Crippen molar-refractivity contribution in [2.75, 3.05) is 32.0 Å². The summed E-state index contributed by atoms with van der Waals surface area (Å²) in [5.74, 6) is -0.860. The summed E-state index contributed by atoms with van der Waals surface area (Å²) in [6.07, 6.45) is 0. The maximum absolute atomic E-state index is 11.3. The Labute approximate surface area is 109 Å². The Bertz CT molecular complexity index is 504. The number of nitrogen functional groups attached to an aromatic ring is 1. The van der Waals surface area contributed by atoms with E-state index in [0.29, 0.717) is 25.3 Å². The molecule has 0 aliphatic carbocycles. The minimum atomic E-state index is -1.08. The van der Waals surface area contributed by atoms with E-state index in [0.717, 1.165) is 0 Å². The standard InChI is InChI=1S/C12H15N3O4/c13-8-1-2-9(11(16)17)10(7-8)19-6-5-15-4-3-14-12(15)18/h1-2,7H,3-6,13H2,(H,14,18)(H,16,17). The first-order valence-corrected chi connectivity index (χ1v) is 5.86. The van der Waals surface area contributed by atoms with Crippen LogP contribution in [0.5, 0.6) is 5.75 Å². The van der Waals surface area contributed by atoms with Gasteiger partial charge >= 0.3 is 12.0 Å². The van der Waals surface area contributed by atoms with E-state index in [1.54, 1.807) is 4.90 Å². The fourth-order valence-corrected chi connectivity index (χ4v) is 1.83. The van der Waals surface area contributed by atoms with Crippen molar-refractivity contribution in [3.05, 3.63) is 23.8 Å². The number of carboxylic acids is 1. The lowest BCUT2D eigenvalue weighted by Crippen LogP contribution is -2.32. The first kappa shape index (κ1) is 13.0. The predicted octanol–water partition coefficient (Wildman–Crippen LogP) is 0.371. The zero-order valence-electron chi connectivity index (χ0n) is 10.3. The second-order valence-corrected chi connectivity index (χ2v) is 4.13. The van der Waals surface area contributed by atoms with Gasteiger partial charge in [0.2, 0.25) is 0 Å². The number of nitrogens with two attached hydrogens (primary N) is 1. The summed E-state index contributed by atoms with van der Waals surface area (Å²) in [5.41, 5.74) is 6.08. The molecule has 2 amide bonds. The Kier molecular flexibility index (Phi) is 3.74. The third-order valence-corrected chi connectivity index (χ3v) is 2.80. The molecular weight excluding hydrogens is 250 g/mol. The van der Waals surface area contributed by atoms with Gasteiger partial charge in [-0.05, 0) is 12.1 Å². The van der Waals surface area contributed by atoms with Crippen LogP contribution in [0.2, 0.25) is 0 Å². The van der Waals surface area contributed by atoms with E-state index in [1.807, 2.05) is 0 Å². The van der Waals surface area contributed by atoms with Gasteiger partial charge in [-0.1, -0.05) is 0 Å². The minimum absolute atomic E-state index is 0.0556. The van der Waals surface area contributed by atoms with Crippen LogP contribution < -0.4 is 15.8 Å². The Hall–Kier alpha value is -2.44. The number of hydrogen-bond donors (Lipinski definition) is 3. The molecule has 1 heterocycles. The number of nitrogens with zero attached hydrogens (tertiary/aromatic N) is 1. The lowest BCUT2D eigenvalue weighted by molar-refractivity contribution is 0.0691. The number of hydrogen-bond acceptors (Lipinski definition) is 4. The highest BCUT2D eigenvalue weighted by Gasteiger charge is 2.19. The molecule has 1 aliphatic heterocycles. The first-order valence-electron chi connectivity index (χ1n) is 5.86. The molecule has 1 aromatic carbocycles. The number of aromatic carboxylic acids is 1. The zero-order chi connectivity index (χ0) is 13.8. The third-order valence-electron chi connectivity index (χ3n) is 2.80. The summed E-state index contributed by atoms with van der Waals surface area (Å²) in [6.45, 7) is 1.87. The second kappa shape index (κ2) is 5.47. The first-order chi connectivity index (χ1) is 9.08. The van der Waals surface area contributed by atoms with Gasteiger partial charge in [0.1, 0.15) is 17.9 Å². The molecule has 7 nitrogen and oxygen atoms in total. The van der Waals surface area contributed by atoms with Crippen molar-refractivity contribution in [3.8, 4) is 5.75 Å². The van der Waals surface area contributed by atoms with E-state index in [-0.39, 0.29) is 24.0 Å². The molecule has 1 fully saturated rings. The van der Waals surface area contributed by atoms with E-state index in [9.17, 15) is 9.59 Å². The van der Waals surface area contributed by atoms with Crippen LogP contribution in [0.15, 0.2) is 18.2 Å². The monoisotopic (exact) mass is 265 g/mol. The van der Waals surface area contributed by atoms with Gasteiger partial charge in [-0.3, -0.25) is 0 Å². The molecule has 0 radical (unpaired) electrons. The Balaban J connectivity index is 1.97. The van der Waals surface area contributed by atoms with Crippen LogP contribution >= 0.6 is 0 Å². The number of urea groups is 1. The van der Waals surface area contributed by atoms with E-state index in [2.05, 4.69) is 5.32 Å².